The number of aromatic nitrogens is 1. The van der Waals surface area contributed by atoms with Crippen molar-refractivity contribution in [2.24, 2.45) is 10.4 Å². The zero-order valence-electron chi connectivity index (χ0n) is 13.5. The first-order valence-electron chi connectivity index (χ1n) is 7.82. The second kappa shape index (κ2) is 8.10. The maximum atomic E-state index is 8.44. The van der Waals surface area contributed by atoms with Crippen LogP contribution in [0, 0.1) is 5.41 Å². The van der Waals surface area contributed by atoms with Crippen LogP contribution in [0.15, 0.2) is 23.3 Å². The fourth-order valence-corrected chi connectivity index (χ4v) is 2.68. The number of hydrogen-bond donors (Lipinski definition) is 2. The average molecular weight is 306 g/mol. The Labute approximate surface area is 132 Å². The fourth-order valence-electron chi connectivity index (χ4n) is 2.68. The maximum absolute atomic E-state index is 8.44. The van der Waals surface area contributed by atoms with Gasteiger partial charge in [0, 0.05) is 18.0 Å². The lowest BCUT2D eigenvalue weighted by Crippen LogP contribution is -2.40. The van der Waals surface area contributed by atoms with E-state index in [1.165, 1.54) is 38.7 Å². The Hall–Kier alpha value is -1.66. The first kappa shape index (κ1) is 16.7. The van der Waals surface area contributed by atoms with Gasteiger partial charge in [0.15, 0.2) is 0 Å². The molecule has 0 amide bonds. The molecule has 0 bridgehead atoms. The van der Waals surface area contributed by atoms with Gasteiger partial charge in [0.1, 0.15) is 6.34 Å². The van der Waals surface area contributed by atoms with Crippen molar-refractivity contribution in [3.8, 4) is 5.88 Å². The first-order chi connectivity index (χ1) is 10.6. The van der Waals surface area contributed by atoms with Crippen molar-refractivity contribution in [1.82, 2.24) is 15.4 Å². The smallest absolute Gasteiger partial charge is 0.213 e. The van der Waals surface area contributed by atoms with E-state index in [9.17, 15) is 0 Å². The van der Waals surface area contributed by atoms with E-state index in [4.69, 9.17) is 9.94 Å². The fraction of sp³-hybridized carbons (Fsp3) is 0.625. The molecule has 0 aliphatic carbocycles. The Morgan fingerprint density at radius 3 is 2.77 bits per heavy atom. The van der Waals surface area contributed by atoms with Gasteiger partial charge in [-0.15, -0.1) is 0 Å². The summed E-state index contributed by atoms with van der Waals surface area (Å²) in [4.78, 5) is 10.7. The molecule has 1 aliphatic rings. The monoisotopic (exact) mass is 306 g/mol. The third-order valence-corrected chi connectivity index (χ3v) is 3.70. The number of likely N-dealkylation sites (tertiary alicyclic amines) is 1. The normalized spacial score (nSPS) is 16.9. The van der Waals surface area contributed by atoms with Gasteiger partial charge in [0.2, 0.25) is 5.88 Å². The van der Waals surface area contributed by atoms with E-state index in [-0.39, 0.29) is 5.41 Å². The Balaban J connectivity index is 1.81. The van der Waals surface area contributed by atoms with E-state index >= 15 is 0 Å². The minimum absolute atomic E-state index is 0.0939. The molecule has 0 aromatic carbocycles. The summed E-state index contributed by atoms with van der Waals surface area (Å²) in [7, 11) is 0. The van der Waals surface area contributed by atoms with Gasteiger partial charge >= 0.3 is 0 Å². The first-order valence-corrected chi connectivity index (χ1v) is 7.82. The van der Waals surface area contributed by atoms with Crippen LogP contribution in [0.4, 0.5) is 5.69 Å². The van der Waals surface area contributed by atoms with E-state index in [1.807, 2.05) is 5.48 Å². The average Bonchev–Trinajstić information content (AvgIpc) is 2.52. The molecule has 0 spiro atoms. The minimum Gasteiger partial charge on any atom is -0.477 e. The highest BCUT2D eigenvalue weighted by molar-refractivity contribution is 5.59. The van der Waals surface area contributed by atoms with Crippen molar-refractivity contribution in [2.75, 3.05) is 26.2 Å². The van der Waals surface area contributed by atoms with Crippen LogP contribution in [-0.2, 0) is 0 Å². The molecule has 6 nitrogen and oxygen atoms in total. The van der Waals surface area contributed by atoms with E-state index < -0.39 is 0 Å². The summed E-state index contributed by atoms with van der Waals surface area (Å²) >= 11 is 0. The lowest BCUT2D eigenvalue weighted by Gasteiger charge is -2.34. The molecule has 22 heavy (non-hydrogen) atoms. The second-order valence-corrected chi connectivity index (χ2v) is 6.53. The molecule has 1 saturated heterocycles. The van der Waals surface area contributed by atoms with Crippen molar-refractivity contribution in [2.45, 2.75) is 33.1 Å². The predicted molar refractivity (Wildman–Crippen MR) is 86.9 cm³/mol. The molecule has 0 atom stereocenters. The zero-order chi connectivity index (χ0) is 15.8. The largest absolute Gasteiger partial charge is 0.477 e. The van der Waals surface area contributed by atoms with E-state index in [0.717, 1.165) is 6.54 Å². The summed E-state index contributed by atoms with van der Waals surface area (Å²) in [6.45, 7) is 8.55. The molecule has 2 heterocycles. The molecule has 2 rings (SSSR count). The number of pyridine rings is 1. The van der Waals surface area contributed by atoms with Crippen LogP contribution in [0.3, 0.4) is 0 Å². The lowest BCUT2D eigenvalue weighted by atomic mass is 9.93. The molecule has 0 saturated carbocycles. The summed E-state index contributed by atoms with van der Waals surface area (Å²) in [5.41, 5.74) is 2.61. The van der Waals surface area contributed by atoms with Gasteiger partial charge < -0.3 is 9.64 Å². The molecule has 2 N–H and O–H groups in total. The van der Waals surface area contributed by atoms with Gasteiger partial charge in [-0.3, -0.25) is 10.7 Å². The van der Waals surface area contributed by atoms with Crippen molar-refractivity contribution < 1.29 is 9.94 Å². The molecule has 1 aliphatic heterocycles. The molecular weight excluding hydrogens is 280 g/mol. The number of piperidine rings is 1. The topological polar surface area (TPSA) is 70.0 Å². The van der Waals surface area contributed by atoms with Crippen LogP contribution in [0.25, 0.3) is 0 Å². The molecule has 0 radical (unpaired) electrons. The van der Waals surface area contributed by atoms with Crippen LogP contribution in [0.5, 0.6) is 5.88 Å². The van der Waals surface area contributed by atoms with Crippen molar-refractivity contribution >= 4 is 12.0 Å². The predicted octanol–water partition coefficient (Wildman–Crippen LogP) is 2.61. The minimum atomic E-state index is 0.0939. The number of aliphatic imine (C=N–C) groups is 1. The third-order valence-electron chi connectivity index (χ3n) is 3.70. The number of nitrogens with one attached hydrogen (secondary N) is 1. The van der Waals surface area contributed by atoms with Gasteiger partial charge in [0.25, 0.3) is 0 Å². The molecule has 1 aromatic rings. The van der Waals surface area contributed by atoms with Gasteiger partial charge in [-0.25, -0.2) is 9.98 Å². The number of hydrogen-bond acceptors (Lipinski definition) is 5. The molecule has 1 fully saturated rings. The van der Waals surface area contributed by atoms with Gasteiger partial charge in [0.05, 0.1) is 18.5 Å². The van der Waals surface area contributed by atoms with Crippen LogP contribution in [0.2, 0.25) is 0 Å². The highest BCUT2D eigenvalue weighted by Gasteiger charge is 2.24. The lowest BCUT2D eigenvalue weighted by molar-refractivity contribution is 0.101. The van der Waals surface area contributed by atoms with Crippen molar-refractivity contribution in [3.63, 3.8) is 0 Å². The summed E-state index contributed by atoms with van der Waals surface area (Å²) in [6.07, 6.45) is 6.78. The van der Waals surface area contributed by atoms with Gasteiger partial charge in [-0.1, -0.05) is 20.3 Å². The Morgan fingerprint density at radius 2 is 2.14 bits per heavy atom. The Morgan fingerprint density at radius 1 is 1.36 bits per heavy atom. The van der Waals surface area contributed by atoms with Crippen molar-refractivity contribution in [1.29, 1.82) is 0 Å². The molecule has 1 aromatic heterocycles. The summed E-state index contributed by atoms with van der Waals surface area (Å²) in [5.74, 6) is 0.600. The van der Waals surface area contributed by atoms with E-state index in [1.54, 1.807) is 18.3 Å². The van der Waals surface area contributed by atoms with Crippen LogP contribution < -0.4 is 10.2 Å². The summed E-state index contributed by atoms with van der Waals surface area (Å²) < 4.78 is 5.82. The molecule has 122 valence electrons. The highest BCUT2D eigenvalue weighted by Crippen LogP contribution is 2.22. The number of nitrogens with zero attached hydrogens (tertiary/aromatic N) is 3. The van der Waals surface area contributed by atoms with Crippen LogP contribution >= 0.6 is 0 Å². The Kier molecular flexibility index (Phi) is 6.15. The Bertz CT molecular complexity index is 468. The number of rotatable bonds is 7. The summed E-state index contributed by atoms with van der Waals surface area (Å²) in [6, 6.07) is 3.59. The van der Waals surface area contributed by atoms with E-state index in [0.29, 0.717) is 18.2 Å². The maximum Gasteiger partial charge on any atom is 0.213 e. The molecule has 6 heteroatoms. The van der Waals surface area contributed by atoms with Crippen molar-refractivity contribution in [3.05, 3.63) is 18.3 Å². The van der Waals surface area contributed by atoms with E-state index in [2.05, 4.69) is 28.7 Å². The number of ether oxygens (including phenoxy) is 1. The number of hydroxylamine groups is 1. The van der Waals surface area contributed by atoms with Gasteiger partial charge in [-0.05, 0) is 32.0 Å². The zero-order valence-corrected chi connectivity index (χ0v) is 13.5. The van der Waals surface area contributed by atoms with Crippen LogP contribution in [-0.4, -0.2) is 47.7 Å². The van der Waals surface area contributed by atoms with Crippen LogP contribution in [0.1, 0.15) is 33.1 Å². The second-order valence-electron chi connectivity index (χ2n) is 6.53. The SMILES string of the molecule is CC(C)(COc1ccc(N=CNO)cn1)CN1CCCCC1. The summed E-state index contributed by atoms with van der Waals surface area (Å²) in [5, 5.41) is 8.44. The molecular formula is C16H26N4O2. The molecule has 0 unspecified atom stereocenters. The third kappa shape index (κ3) is 5.61. The quantitative estimate of drug-likeness (QED) is 0.460. The highest BCUT2D eigenvalue weighted by atomic mass is 16.5. The standard InChI is InChI=1S/C16H26N4O2/c1-16(2,11-20-8-4-3-5-9-20)12-22-15-7-6-14(10-17-15)18-13-19-21/h6-7,10,13,21H,3-5,8-9,11-12H2,1-2H3,(H,18,19). The van der Waals surface area contributed by atoms with Gasteiger partial charge in [-0.2, -0.15) is 0 Å².